The van der Waals surface area contributed by atoms with Crippen molar-refractivity contribution in [1.82, 2.24) is 5.32 Å². The third kappa shape index (κ3) is 3.36. The molecule has 2 atom stereocenters. The minimum Gasteiger partial charge on any atom is -0.488 e. The molecule has 0 spiro atoms. The van der Waals surface area contributed by atoms with E-state index in [9.17, 15) is 9.90 Å². The van der Waals surface area contributed by atoms with Crippen LogP contribution in [0.4, 0.5) is 5.69 Å². The van der Waals surface area contributed by atoms with Crippen LogP contribution in [0.1, 0.15) is 39.2 Å². The lowest BCUT2D eigenvalue weighted by Crippen LogP contribution is -2.54. The van der Waals surface area contributed by atoms with E-state index in [2.05, 4.69) is 18.3 Å². The normalized spacial score (nSPS) is 25.6. The highest BCUT2D eigenvalue weighted by molar-refractivity contribution is 5.86. The number of nitrogens with zero attached hydrogens (tertiary/aromatic N) is 1. The third-order valence-corrected chi connectivity index (χ3v) is 5.11. The van der Waals surface area contributed by atoms with E-state index in [1.807, 2.05) is 37.9 Å². The topological polar surface area (TPSA) is 61.8 Å². The number of likely N-dealkylation sites (N-methyl/N-ethyl adjacent to an activating group) is 1. The van der Waals surface area contributed by atoms with Crippen LogP contribution >= 0.6 is 0 Å². The minimum atomic E-state index is -0.273. The molecule has 1 fully saturated rings. The van der Waals surface area contributed by atoms with Gasteiger partial charge in [-0.25, -0.2) is 0 Å². The van der Waals surface area contributed by atoms with Crippen molar-refractivity contribution in [1.29, 1.82) is 0 Å². The minimum absolute atomic E-state index is 0.0299. The Morgan fingerprint density at radius 2 is 2.12 bits per heavy atom. The van der Waals surface area contributed by atoms with Gasteiger partial charge in [-0.1, -0.05) is 19.9 Å². The number of carbonyl (C=O) groups is 1. The monoisotopic (exact) mass is 332 g/mol. The lowest BCUT2D eigenvalue weighted by molar-refractivity contribution is -0.124. The maximum atomic E-state index is 12.6. The summed E-state index contributed by atoms with van der Waals surface area (Å²) in [7, 11) is 1.96. The number of fused-ring (bicyclic) bond motifs is 1. The van der Waals surface area contributed by atoms with Gasteiger partial charge in [0.1, 0.15) is 17.4 Å². The predicted octanol–water partition coefficient (Wildman–Crippen LogP) is 2.11. The van der Waals surface area contributed by atoms with Crippen molar-refractivity contribution in [2.24, 2.45) is 5.92 Å². The van der Waals surface area contributed by atoms with Crippen molar-refractivity contribution in [3.05, 3.63) is 23.8 Å². The van der Waals surface area contributed by atoms with Gasteiger partial charge in [0.15, 0.2) is 0 Å². The summed E-state index contributed by atoms with van der Waals surface area (Å²) in [5, 5.41) is 12.6. The number of ether oxygens (including phenoxy) is 1. The van der Waals surface area contributed by atoms with Crippen LogP contribution < -0.4 is 15.0 Å². The molecule has 132 valence electrons. The smallest absolute Gasteiger partial charge is 0.243 e. The van der Waals surface area contributed by atoms with Crippen LogP contribution in [0.25, 0.3) is 0 Å². The molecule has 0 saturated heterocycles. The molecule has 0 bridgehead atoms. The average molecular weight is 332 g/mol. The molecule has 0 unspecified atom stereocenters. The second kappa shape index (κ2) is 6.28. The fourth-order valence-corrected chi connectivity index (χ4v) is 3.46. The van der Waals surface area contributed by atoms with Gasteiger partial charge < -0.3 is 20.1 Å². The highest BCUT2D eigenvalue weighted by Gasteiger charge is 2.40. The first-order chi connectivity index (χ1) is 11.3. The van der Waals surface area contributed by atoms with Gasteiger partial charge in [0, 0.05) is 18.8 Å². The zero-order valence-electron chi connectivity index (χ0n) is 15.0. The summed E-state index contributed by atoms with van der Waals surface area (Å²) in [5.74, 6) is 0.980. The molecule has 0 aromatic heterocycles. The van der Waals surface area contributed by atoms with E-state index in [0.717, 1.165) is 29.8 Å². The van der Waals surface area contributed by atoms with E-state index in [-0.39, 0.29) is 36.1 Å². The van der Waals surface area contributed by atoms with Gasteiger partial charge in [-0.15, -0.1) is 0 Å². The van der Waals surface area contributed by atoms with E-state index >= 15 is 0 Å². The molecular formula is C19H28N2O3. The maximum Gasteiger partial charge on any atom is 0.243 e. The first-order valence-corrected chi connectivity index (χ1v) is 8.79. The van der Waals surface area contributed by atoms with Crippen molar-refractivity contribution >= 4 is 11.6 Å². The van der Waals surface area contributed by atoms with Crippen LogP contribution in [0.2, 0.25) is 0 Å². The molecule has 0 radical (unpaired) electrons. The lowest BCUT2D eigenvalue weighted by atomic mass is 9.95. The van der Waals surface area contributed by atoms with Crippen molar-refractivity contribution in [2.75, 3.05) is 18.6 Å². The fraction of sp³-hybridized carbons (Fsp3) is 0.632. The summed E-state index contributed by atoms with van der Waals surface area (Å²) in [6, 6.07) is 5.58. The van der Waals surface area contributed by atoms with E-state index in [0.29, 0.717) is 6.42 Å². The Hall–Kier alpha value is -1.75. The van der Waals surface area contributed by atoms with Crippen LogP contribution in [-0.2, 0) is 11.2 Å². The number of amides is 1. The molecule has 3 rings (SSSR count). The molecule has 1 aromatic rings. The number of hydrogen-bond donors (Lipinski definition) is 2. The summed E-state index contributed by atoms with van der Waals surface area (Å²) >= 11 is 0. The number of aliphatic hydroxyl groups is 1. The number of carbonyl (C=O) groups excluding carboxylic acids is 1. The molecule has 1 aliphatic heterocycles. The molecular weight excluding hydrogens is 304 g/mol. The Bertz CT molecular complexity index is 625. The highest BCUT2D eigenvalue weighted by atomic mass is 16.5. The first kappa shape index (κ1) is 17.1. The number of hydrogen-bond acceptors (Lipinski definition) is 4. The van der Waals surface area contributed by atoms with Gasteiger partial charge in [0.2, 0.25) is 5.91 Å². The summed E-state index contributed by atoms with van der Waals surface area (Å²) in [6.07, 6.45) is 2.79. The van der Waals surface area contributed by atoms with Crippen LogP contribution in [0.5, 0.6) is 5.75 Å². The quantitative estimate of drug-likeness (QED) is 0.886. The molecule has 2 aliphatic rings. The maximum absolute atomic E-state index is 12.6. The third-order valence-electron chi connectivity index (χ3n) is 5.11. The van der Waals surface area contributed by atoms with Gasteiger partial charge in [-0.05, 0) is 43.7 Å². The Morgan fingerprint density at radius 1 is 1.42 bits per heavy atom. The molecule has 1 saturated carbocycles. The molecule has 1 amide bonds. The van der Waals surface area contributed by atoms with Crippen LogP contribution in [0.3, 0.4) is 0 Å². The van der Waals surface area contributed by atoms with E-state index in [1.165, 1.54) is 0 Å². The standard InChI is InChI=1S/C19H28N2O3/c1-12(2)17-18(23)20-14(11-22)9-13-5-6-15(10-16(13)21(17)4)24-19(3)7-8-19/h5-6,10,12,14,17,22H,7-9,11H2,1-4H3,(H,20,23)/t14-,17-/m1/s1. The number of anilines is 1. The van der Waals surface area contributed by atoms with Crippen molar-refractivity contribution in [3.63, 3.8) is 0 Å². The SMILES string of the molecule is CC(C)[C@@H]1C(=O)N[C@@H](CO)Cc2ccc(OC3(C)CC3)cc2N1C. The van der Waals surface area contributed by atoms with Gasteiger partial charge in [-0.2, -0.15) is 0 Å². The average Bonchev–Trinajstić information content (AvgIpc) is 3.23. The number of aliphatic hydroxyl groups excluding tert-OH is 1. The van der Waals surface area contributed by atoms with Crippen molar-refractivity contribution in [2.45, 2.75) is 57.7 Å². The molecule has 5 nitrogen and oxygen atoms in total. The Kier molecular flexibility index (Phi) is 4.47. The van der Waals surface area contributed by atoms with Gasteiger partial charge in [-0.3, -0.25) is 4.79 Å². The second-order valence-corrected chi connectivity index (χ2v) is 7.73. The number of benzene rings is 1. The molecule has 1 aromatic carbocycles. The summed E-state index contributed by atoms with van der Waals surface area (Å²) in [4.78, 5) is 14.7. The van der Waals surface area contributed by atoms with Gasteiger partial charge in [0.05, 0.1) is 12.6 Å². The molecule has 1 heterocycles. The number of nitrogens with one attached hydrogen (secondary N) is 1. The van der Waals surface area contributed by atoms with Gasteiger partial charge in [0.25, 0.3) is 0 Å². The fourth-order valence-electron chi connectivity index (χ4n) is 3.46. The summed E-state index contributed by atoms with van der Waals surface area (Å²) in [6.45, 7) is 6.15. The number of rotatable bonds is 4. The Labute approximate surface area is 144 Å². The lowest BCUT2D eigenvalue weighted by Gasteiger charge is -2.37. The van der Waals surface area contributed by atoms with Crippen molar-refractivity contribution < 1.29 is 14.6 Å². The second-order valence-electron chi connectivity index (χ2n) is 7.73. The van der Waals surface area contributed by atoms with E-state index in [4.69, 9.17) is 4.74 Å². The van der Waals surface area contributed by atoms with Crippen LogP contribution in [0, 0.1) is 5.92 Å². The molecule has 5 heteroatoms. The zero-order valence-corrected chi connectivity index (χ0v) is 15.0. The highest BCUT2D eigenvalue weighted by Crippen LogP contribution is 2.41. The van der Waals surface area contributed by atoms with E-state index in [1.54, 1.807) is 0 Å². The predicted molar refractivity (Wildman–Crippen MR) is 94.5 cm³/mol. The summed E-state index contributed by atoms with van der Waals surface area (Å²) < 4.78 is 6.10. The molecule has 24 heavy (non-hydrogen) atoms. The molecule has 1 aliphatic carbocycles. The van der Waals surface area contributed by atoms with E-state index < -0.39 is 0 Å². The largest absolute Gasteiger partial charge is 0.488 e. The van der Waals surface area contributed by atoms with Crippen LogP contribution in [0.15, 0.2) is 18.2 Å². The Morgan fingerprint density at radius 3 is 2.71 bits per heavy atom. The van der Waals surface area contributed by atoms with Crippen LogP contribution in [-0.4, -0.2) is 42.4 Å². The van der Waals surface area contributed by atoms with Crippen molar-refractivity contribution in [3.8, 4) is 5.75 Å². The summed E-state index contributed by atoms with van der Waals surface area (Å²) in [5.41, 5.74) is 2.11. The van der Waals surface area contributed by atoms with Gasteiger partial charge >= 0.3 is 0 Å². The first-order valence-electron chi connectivity index (χ1n) is 8.79. The zero-order chi connectivity index (χ0) is 17.5. The molecule has 2 N–H and O–H groups in total. The Balaban J connectivity index is 1.98.